The molecule has 1 aromatic heterocycles. The molecule has 0 bridgehead atoms. The predicted molar refractivity (Wildman–Crippen MR) is 149 cm³/mol. The summed E-state index contributed by atoms with van der Waals surface area (Å²) >= 11 is 0. The van der Waals surface area contributed by atoms with Crippen LogP contribution in [0.15, 0.2) is 36.5 Å². The van der Waals surface area contributed by atoms with E-state index in [9.17, 15) is 27.9 Å². The summed E-state index contributed by atoms with van der Waals surface area (Å²) in [6.07, 6.45) is 6.64. The second-order valence-corrected chi connectivity index (χ2v) is 11.8. The van der Waals surface area contributed by atoms with E-state index in [1.54, 1.807) is 26.1 Å². The molecule has 12 heteroatoms. The third kappa shape index (κ3) is 8.32. The number of pyridine rings is 1. The van der Waals surface area contributed by atoms with Crippen molar-refractivity contribution < 1.29 is 27.9 Å². The second-order valence-electron chi connectivity index (χ2n) is 10.0. The van der Waals surface area contributed by atoms with Gasteiger partial charge in [0.05, 0.1) is 11.4 Å². The Hall–Kier alpha value is -3.35. The smallest absolute Gasteiger partial charge is 0.322 e. The number of hydrogen-bond donors (Lipinski definition) is 4. The van der Waals surface area contributed by atoms with Gasteiger partial charge in [-0.1, -0.05) is 45.0 Å². The quantitative estimate of drug-likeness (QED) is 0.325. The van der Waals surface area contributed by atoms with E-state index in [2.05, 4.69) is 39.5 Å². The van der Waals surface area contributed by atoms with Crippen molar-refractivity contribution in [2.75, 3.05) is 12.3 Å². The Kier molecular flexibility index (Phi) is 10.2. The van der Waals surface area contributed by atoms with Gasteiger partial charge in [-0.15, -0.1) is 0 Å². The van der Waals surface area contributed by atoms with E-state index >= 15 is 0 Å². The highest BCUT2D eigenvalue weighted by molar-refractivity contribution is 7.89. The molecule has 4 N–H and O–H groups in total. The van der Waals surface area contributed by atoms with E-state index in [1.165, 1.54) is 23.6 Å². The molecule has 1 saturated heterocycles. The number of carbonyl (C=O) groups is 3. The van der Waals surface area contributed by atoms with E-state index in [0.29, 0.717) is 25.1 Å². The maximum absolute atomic E-state index is 13.0. The zero-order valence-electron chi connectivity index (χ0n) is 22.7. The summed E-state index contributed by atoms with van der Waals surface area (Å²) in [6.45, 7) is 7.25. The summed E-state index contributed by atoms with van der Waals surface area (Å²) < 4.78 is 28.0. The average Bonchev–Trinajstić information content (AvgIpc) is 2.90. The number of nitrogens with one attached hydrogen (secondary N) is 3. The molecule has 0 saturated carbocycles. The Labute approximate surface area is 229 Å². The number of amides is 2. The maximum atomic E-state index is 13.0. The number of sulfonamides is 1. The van der Waals surface area contributed by atoms with E-state index in [1.807, 2.05) is 12.1 Å². The van der Waals surface area contributed by atoms with Crippen LogP contribution >= 0.6 is 0 Å². The Bertz CT molecular complexity index is 1340. The number of fused-ring (bicyclic) bond motifs is 1. The second kappa shape index (κ2) is 13.1. The van der Waals surface area contributed by atoms with Gasteiger partial charge in [-0.25, -0.2) is 18.6 Å². The molecule has 3 rings (SSSR count). The van der Waals surface area contributed by atoms with Crippen LogP contribution in [0.2, 0.25) is 0 Å². The number of carboxylic acid groups (broad SMARTS) is 1. The van der Waals surface area contributed by atoms with Gasteiger partial charge < -0.3 is 10.4 Å². The lowest BCUT2D eigenvalue weighted by Gasteiger charge is -2.34. The van der Waals surface area contributed by atoms with Crippen molar-refractivity contribution in [1.29, 1.82) is 0 Å². The topological polar surface area (TPSA) is 158 Å². The third-order valence-corrected chi connectivity index (χ3v) is 7.80. The van der Waals surface area contributed by atoms with Crippen molar-refractivity contribution in [2.24, 2.45) is 5.92 Å². The molecule has 39 heavy (non-hydrogen) atoms. The molecule has 1 aromatic carbocycles. The van der Waals surface area contributed by atoms with Crippen LogP contribution in [0.4, 0.5) is 0 Å². The number of nitrogens with zero attached hydrogens (tertiary/aromatic N) is 2. The molecule has 2 amide bonds. The maximum Gasteiger partial charge on any atom is 0.322 e. The highest BCUT2D eigenvalue weighted by atomic mass is 32.2. The number of carbonyl (C=O) groups excluding carboxylic acids is 2. The highest BCUT2D eigenvalue weighted by Crippen LogP contribution is 2.17. The Morgan fingerprint density at radius 2 is 1.95 bits per heavy atom. The summed E-state index contributed by atoms with van der Waals surface area (Å²) in [5, 5.41) is 15.0. The zero-order chi connectivity index (χ0) is 28.7. The minimum Gasteiger partial charge on any atom is -0.480 e. The highest BCUT2D eigenvalue weighted by Gasteiger charge is 2.33. The predicted octanol–water partition coefficient (Wildman–Crippen LogP) is 1.84. The Morgan fingerprint density at radius 1 is 1.21 bits per heavy atom. The number of rotatable bonds is 11. The van der Waals surface area contributed by atoms with E-state index in [4.69, 9.17) is 0 Å². The fourth-order valence-electron chi connectivity index (χ4n) is 4.27. The number of aliphatic carboxylic acids is 1. The van der Waals surface area contributed by atoms with Crippen LogP contribution in [-0.4, -0.2) is 71.7 Å². The summed E-state index contributed by atoms with van der Waals surface area (Å²) in [4.78, 5) is 41.3. The molecule has 2 heterocycles. The van der Waals surface area contributed by atoms with Crippen LogP contribution in [0.25, 0.3) is 16.8 Å². The number of benzene rings is 1. The van der Waals surface area contributed by atoms with Crippen molar-refractivity contribution in [3.8, 4) is 0 Å². The first kappa shape index (κ1) is 30.2. The molecule has 0 spiro atoms. The molecular formula is C27H37N5O6S. The van der Waals surface area contributed by atoms with Crippen LogP contribution in [-0.2, 0) is 30.8 Å². The van der Waals surface area contributed by atoms with Gasteiger partial charge in [0.1, 0.15) is 18.1 Å². The molecule has 0 aliphatic carbocycles. The summed E-state index contributed by atoms with van der Waals surface area (Å²) in [7, 11) is -3.89. The van der Waals surface area contributed by atoms with Crippen LogP contribution < -0.4 is 15.5 Å². The molecule has 3 unspecified atom stereocenters. The van der Waals surface area contributed by atoms with Gasteiger partial charge in [-0.05, 0) is 55.2 Å². The summed E-state index contributed by atoms with van der Waals surface area (Å²) in [5.74, 6) is -2.97. The first-order valence-corrected chi connectivity index (χ1v) is 14.7. The number of aryl methyl sites for hydroxylation is 1. The van der Waals surface area contributed by atoms with Gasteiger partial charge in [0.2, 0.25) is 15.9 Å². The van der Waals surface area contributed by atoms with Crippen molar-refractivity contribution in [3.63, 3.8) is 0 Å². The van der Waals surface area contributed by atoms with Gasteiger partial charge in [-0.3, -0.25) is 24.4 Å². The zero-order valence-corrected chi connectivity index (χ0v) is 23.5. The van der Waals surface area contributed by atoms with E-state index in [0.717, 1.165) is 17.2 Å². The van der Waals surface area contributed by atoms with Crippen molar-refractivity contribution in [1.82, 2.24) is 25.5 Å². The van der Waals surface area contributed by atoms with Crippen LogP contribution in [0.1, 0.15) is 51.8 Å². The summed E-state index contributed by atoms with van der Waals surface area (Å²) in [5.41, 5.74) is 4.47. The van der Waals surface area contributed by atoms with Crippen LogP contribution in [0, 0.1) is 5.92 Å². The normalized spacial score (nSPS) is 17.9. The fourth-order valence-corrected chi connectivity index (χ4v) is 5.48. The molecule has 2 aromatic rings. The van der Waals surface area contributed by atoms with Gasteiger partial charge in [0.15, 0.2) is 0 Å². The van der Waals surface area contributed by atoms with Crippen molar-refractivity contribution in [3.05, 3.63) is 47.8 Å². The minimum atomic E-state index is -3.89. The van der Waals surface area contributed by atoms with Gasteiger partial charge in [0.25, 0.3) is 5.91 Å². The SMILES string of the molecule is CCc1ccc2cnc(C=CCS(=O)(=O)NC(C(=O)NC(C)C(=O)N3CCCC(C(=O)O)N3)C(C)C)cc2c1. The Balaban J connectivity index is 1.61. The average molecular weight is 560 g/mol. The molecule has 3 atom stereocenters. The fraction of sp³-hybridized carbons (Fsp3) is 0.481. The molecular weight excluding hydrogens is 522 g/mol. The standard InChI is InChI=1S/C27H37N5O6S/c1-5-19-10-11-20-16-28-22(15-21(20)14-19)8-7-13-39(37,38)31-24(17(2)3)25(33)29-18(4)26(34)32-12-6-9-23(30-32)27(35)36/h7-8,10-11,14-18,23-24,30-31H,5-6,9,12-13H2,1-4H3,(H,29,33)(H,35,36). The lowest BCUT2D eigenvalue weighted by Crippen LogP contribution is -2.60. The monoisotopic (exact) mass is 559 g/mol. The molecule has 1 fully saturated rings. The lowest BCUT2D eigenvalue weighted by atomic mass is 10.0. The number of hydrogen-bond acceptors (Lipinski definition) is 7. The van der Waals surface area contributed by atoms with Crippen molar-refractivity contribution in [2.45, 2.75) is 65.1 Å². The van der Waals surface area contributed by atoms with Gasteiger partial charge >= 0.3 is 5.97 Å². The molecule has 0 radical (unpaired) electrons. The van der Waals surface area contributed by atoms with Crippen LogP contribution in [0.5, 0.6) is 0 Å². The van der Waals surface area contributed by atoms with Gasteiger partial charge in [0, 0.05) is 18.1 Å². The molecule has 212 valence electrons. The molecule has 11 nitrogen and oxygen atoms in total. The molecule has 1 aliphatic rings. The Morgan fingerprint density at radius 3 is 2.62 bits per heavy atom. The number of aromatic nitrogens is 1. The minimum absolute atomic E-state index is 0.307. The van der Waals surface area contributed by atoms with Gasteiger partial charge in [-0.2, -0.15) is 0 Å². The lowest BCUT2D eigenvalue weighted by molar-refractivity contribution is -0.148. The molecule has 1 aliphatic heterocycles. The van der Waals surface area contributed by atoms with E-state index < -0.39 is 51.9 Å². The third-order valence-electron chi connectivity index (χ3n) is 6.55. The first-order valence-electron chi connectivity index (χ1n) is 13.1. The number of carboxylic acids is 1. The summed E-state index contributed by atoms with van der Waals surface area (Å²) in [6, 6.07) is 5.05. The van der Waals surface area contributed by atoms with Crippen LogP contribution in [0.3, 0.4) is 0 Å². The number of hydrazine groups is 1. The van der Waals surface area contributed by atoms with Crippen molar-refractivity contribution >= 4 is 44.7 Å². The largest absolute Gasteiger partial charge is 0.480 e. The first-order chi connectivity index (χ1) is 18.4. The van der Waals surface area contributed by atoms with E-state index in [-0.39, 0.29) is 5.75 Å².